The van der Waals surface area contributed by atoms with Gasteiger partial charge in [0.15, 0.2) is 0 Å². The number of carbonyl (C=O) groups excluding carboxylic acids is 1. The first kappa shape index (κ1) is 16.7. The predicted molar refractivity (Wildman–Crippen MR) is 84.5 cm³/mol. The van der Waals surface area contributed by atoms with E-state index >= 15 is 0 Å². The molecule has 0 aliphatic heterocycles. The third-order valence-corrected chi connectivity index (χ3v) is 3.58. The topological polar surface area (TPSA) is 58.4 Å². The summed E-state index contributed by atoms with van der Waals surface area (Å²) in [5.74, 6) is 0.0111. The summed E-state index contributed by atoms with van der Waals surface area (Å²) in [4.78, 5) is 14.4. The summed E-state index contributed by atoms with van der Waals surface area (Å²) in [5, 5.41) is 2.95. The van der Waals surface area contributed by atoms with E-state index in [-0.39, 0.29) is 11.8 Å². The van der Waals surface area contributed by atoms with Crippen LogP contribution in [0.1, 0.15) is 33.3 Å². The number of anilines is 1. The van der Waals surface area contributed by atoms with Crippen molar-refractivity contribution in [3.05, 3.63) is 29.8 Å². The van der Waals surface area contributed by atoms with Crippen LogP contribution in [0.2, 0.25) is 0 Å². The summed E-state index contributed by atoms with van der Waals surface area (Å²) >= 11 is 0. The molecule has 4 heteroatoms. The lowest BCUT2D eigenvalue weighted by Crippen LogP contribution is -2.40. The SMILES string of the molecule is CCN(CC)Cc1ccccc1NC(=O)C(N)C(C)C. The van der Waals surface area contributed by atoms with Crippen molar-refractivity contribution in [1.82, 2.24) is 4.90 Å². The summed E-state index contributed by atoms with van der Waals surface area (Å²) in [7, 11) is 0. The zero-order valence-corrected chi connectivity index (χ0v) is 13.0. The highest BCUT2D eigenvalue weighted by Gasteiger charge is 2.18. The quantitative estimate of drug-likeness (QED) is 0.805. The maximum atomic E-state index is 12.1. The Hall–Kier alpha value is -1.39. The molecule has 0 spiro atoms. The molecule has 20 heavy (non-hydrogen) atoms. The lowest BCUT2D eigenvalue weighted by atomic mass is 10.0. The molecule has 0 aliphatic carbocycles. The van der Waals surface area contributed by atoms with Crippen LogP contribution in [0.5, 0.6) is 0 Å². The first-order valence-electron chi connectivity index (χ1n) is 7.36. The zero-order chi connectivity index (χ0) is 15.1. The van der Waals surface area contributed by atoms with Crippen LogP contribution >= 0.6 is 0 Å². The molecule has 0 aromatic heterocycles. The molecule has 0 heterocycles. The summed E-state index contributed by atoms with van der Waals surface area (Å²) in [6.07, 6.45) is 0. The Morgan fingerprint density at radius 1 is 1.25 bits per heavy atom. The van der Waals surface area contributed by atoms with Gasteiger partial charge in [0.2, 0.25) is 5.91 Å². The molecular weight excluding hydrogens is 250 g/mol. The van der Waals surface area contributed by atoms with E-state index in [1.807, 2.05) is 32.0 Å². The molecule has 1 aromatic carbocycles. The third kappa shape index (κ3) is 4.62. The molecule has 0 saturated heterocycles. The van der Waals surface area contributed by atoms with Crippen molar-refractivity contribution < 1.29 is 4.79 Å². The number of amides is 1. The van der Waals surface area contributed by atoms with Crippen molar-refractivity contribution in [1.29, 1.82) is 0 Å². The number of rotatable bonds is 7. The summed E-state index contributed by atoms with van der Waals surface area (Å²) < 4.78 is 0. The largest absolute Gasteiger partial charge is 0.324 e. The number of nitrogens with zero attached hydrogens (tertiary/aromatic N) is 1. The Balaban J connectivity index is 2.82. The van der Waals surface area contributed by atoms with Crippen LogP contribution in [-0.4, -0.2) is 29.9 Å². The Morgan fingerprint density at radius 3 is 2.40 bits per heavy atom. The number of benzene rings is 1. The van der Waals surface area contributed by atoms with E-state index in [0.29, 0.717) is 0 Å². The zero-order valence-electron chi connectivity index (χ0n) is 13.0. The Bertz CT molecular complexity index is 427. The number of hydrogen-bond acceptors (Lipinski definition) is 3. The maximum absolute atomic E-state index is 12.1. The second kappa shape index (κ2) is 8.02. The van der Waals surface area contributed by atoms with E-state index in [2.05, 4.69) is 30.1 Å². The lowest BCUT2D eigenvalue weighted by Gasteiger charge is -2.21. The molecule has 1 rings (SSSR count). The number of hydrogen-bond donors (Lipinski definition) is 2. The normalized spacial score (nSPS) is 12.8. The average Bonchev–Trinajstić information content (AvgIpc) is 2.45. The molecule has 0 saturated carbocycles. The Labute approximate surface area is 122 Å². The van der Waals surface area contributed by atoms with Gasteiger partial charge in [-0.1, -0.05) is 45.9 Å². The van der Waals surface area contributed by atoms with Gasteiger partial charge in [-0.15, -0.1) is 0 Å². The van der Waals surface area contributed by atoms with Gasteiger partial charge in [0.05, 0.1) is 6.04 Å². The van der Waals surface area contributed by atoms with E-state index in [0.717, 1.165) is 30.9 Å². The molecule has 0 bridgehead atoms. The summed E-state index contributed by atoms with van der Waals surface area (Å²) in [6.45, 7) is 11.0. The standard InChI is InChI=1S/C16H27N3O/c1-5-19(6-2)11-13-9-7-8-10-14(13)18-16(20)15(17)12(3)4/h7-10,12,15H,5-6,11,17H2,1-4H3,(H,18,20). The molecule has 1 amide bonds. The number of nitrogens with one attached hydrogen (secondary N) is 1. The van der Waals surface area contributed by atoms with Gasteiger partial charge in [-0.2, -0.15) is 0 Å². The second-order valence-electron chi connectivity index (χ2n) is 5.38. The highest BCUT2D eigenvalue weighted by Crippen LogP contribution is 2.18. The number of para-hydroxylation sites is 1. The van der Waals surface area contributed by atoms with Gasteiger partial charge in [0, 0.05) is 12.2 Å². The maximum Gasteiger partial charge on any atom is 0.241 e. The van der Waals surface area contributed by atoms with Crippen LogP contribution in [0, 0.1) is 5.92 Å². The van der Waals surface area contributed by atoms with Gasteiger partial charge in [0.25, 0.3) is 0 Å². The fraction of sp³-hybridized carbons (Fsp3) is 0.562. The van der Waals surface area contributed by atoms with Crippen molar-refractivity contribution in [3.8, 4) is 0 Å². The molecule has 4 nitrogen and oxygen atoms in total. The first-order valence-corrected chi connectivity index (χ1v) is 7.36. The minimum absolute atomic E-state index is 0.119. The smallest absolute Gasteiger partial charge is 0.241 e. The molecule has 112 valence electrons. The fourth-order valence-electron chi connectivity index (χ4n) is 1.99. The van der Waals surface area contributed by atoms with Crippen LogP contribution in [0.15, 0.2) is 24.3 Å². The summed E-state index contributed by atoms with van der Waals surface area (Å²) in [5.41, 5.74) is 7.88. The molecule has 0 fully saturated rings. The lowest BCUT2D eigenvalue weighted by molar-refractivity contribution is -0.118. The van der Waals surface area contributed by atoms with E-state index in [9.17, 15) is 4.79 Å². The van der Waals surface area contributed by atoms with E-state index in [1.165, 1.54) is 0 Å². The molecule has 1 unspecified atom stereocenters. The van der Waals surface area contributed by atoms with Crippen molar-refractivity contribution in [2.24, 2.45) is 11.7 Å². The minimum atomic E-state index is -0.475. The van der Waals surface area contributed by atoms with Crippen molar-refractivity contribution in [3.63, 3.8) is 0 Å². The van der Waals surface area contributed by atoms with Gasteiger partial charge in [-0.25, -0.2) is 0 Å². The monoisotopic (exact) mass is 277 g/mol. The molecular formula is C16H27N3O. The highest BCUT2D eigenvalue weighted by molar-refractivity contribution is 5.95. The third-order valence-electron chi connectivity index (χ3n) is 3.58. The van der Waals surface area contributed by atoms with E-state index in [1.54, 1.807) is 0 Å². The number of carbonyl (C=O) groups is 1. The second-order valence-corrected chi connectivity index (χ2v) is 5.38. The van der Waals surface area contributed by atoms with Crippen LogP contribution in [-0.2, 0) is 11.3 Å². The van der Waals surface area contributed by atoms with Gasteiger partial charge in [-0.05, 0) is 30.6 Å². The molecule has 0 aliphatic rings. The van der Waals surface area contributed by atoms with Gasteiger partial charge >= 0.3 is 0 Å². The Kier molecular flexibility index (Phi) is 6.68. The minimum Gasteiger partial charge on any atom is -0.324 e. The summed E-state index contributed by atoms with van der Waals surface area (Å²) in [6, 6.07) is 7.44. The molecule has 3 N–H and O–H groups in total. The van der Waals surface area contributed by atoms with Crippen LogP contribution in [0.3, 0.4) is 0 Å². The van der Waals surface area contributed by atoms with Gasteiger partial charge in [-0.3, -0.25) is 9.69 Å². The average molecular weight is 277 g/mol. The first-order chi connectivity index (χ1) is 9.49. The van der Waals surface area contributed by atoms with E-state index < -0.39 is 6.04 Å². The number of nitrogens with two attached hydrogens (primary N) is 1. The van der Waals surface area contributed by atoms with Crippen LogP contribution in [0.25, 0.3) is 0 Å². The molecule has 0 radical (unpaired) electrons. The van der Waals surface area contributed by atoms with Crippen molar-refractivity contribution in [2.45, 2.75) is 40.3 Å². The highest BCUT2D eigenvalue weighted by atomic mass is 16.2. The van der Waals surface area contributed by atoms with E-state index in [4.69, 9.17) is 5.73 Å². The molecule has 1 aromatic rings. The molecule has 1 atom stereocenters. The van der Waals surface area contributed by atoms with Crippen molar-refractivity contribution in [2.75, 3.05) is 18.4 Å². The predicted octanol–water partition coefficient (Wildman–Crippen LogP) is 2.45. The Morgan fingerprint density at radius 2 is 1.85 bits per heavy atom. The van der Waals surface area contributed by atoms with Crippen LogP contribution in [0.4, 0.5) is 5.69 Å². The van der Waals surface area contributed by atoms with Crippen molar-refractivity contribution >= 4 is 11.6 Å². The fourth-order valence-corrected chi connectivity index (χ4v) is 1.99. The van der Waals surface area contributed by atoms with Gasteiger partial charge in [0.1, 0.15) is 0 Å². The van der Waals surface area contributed by atoms with Crippen LogP contribution < -0.4 is 11.1 Å². The van der Waals surface area contributed by atoms with Gasteiger partial charge < -0.3 is 11.1 Å².